The number of hydrogen-bond acceptors (Lipinski definition) is 22. The Balaban J connectivity index is 0.000000161. The van der Waals surface area contributed by atoms with E-state index in [9.17, 15) is 0 Å². The molecule has 0 unspecified atom stereocenters. The van der Waals surface area contributed by atoms with Crippen LogP contribution in [0.25, 0.3) is 45.5 Å². The number of benzene rings is 2. The van der Waals surface area contributed by atoms with Gasteiger partial charge < -0.3 is 0 Å². The normalized spacial score (nSPS) is 11.7. The van der Waals surface area contributed by atoms with Crippen molar-refractivity contribution < 1.29 is 0 Å². The van der Waals surface area contributed by atoms with E-state index in [-0.39, 0.29) is 43.3 Å². The van der Waals surface area contributed by atoms with Gasteiger partial charge in [0.2, 0.25) is 0 Å². The van der Waals surface area contributed by atoms with Gasteiger partial charge >= 0.3 is 0 Å². The van der Waals surface area contributed by atoms with Crippen LogP contribution in [0.1, 0.15) is 234 Å². The van der Waals surface area contributed by atoms with Crippen LogP contribution in [0.2, 0.25) is 0 Å². The highest BCUT2D eigenvalue weighted by atomic mass is 15.5. The van der Waals surface area contributed by atoms with Gasteiger partial charge in [-0.1, -0.05) is 190 Å². The van der Waals surface area contributed by atoms with Gasteiger partial charge in [-0.25, -0.2) is 9.67 Å². The van der Waals surface area contributed by atoms with Crippen molar-refractivity contribution in [2.75, 3.05) is 0 Å². The van der Waals surface area contributed by atoms with E-state index in [1.165, 1.54) is 17.5 Å². The van der Waals surface area contributed by atoms with E-state index in [0.29, 0.717) is 0 Å². The molecule has 0 aliphatic rings. The number of pyridine rings is 6. The van der Waals surface area contributed by atoms with Crippen molar-refractivity contribution in [2.45, 2.75) is 237 Å². The molecule has 2 aromatic carbocycles. The molecule has 16 rings (SSSR count). The van der Waals surface area contributed by atoms with Gasteiger partial charge in [-0.15, -0.1) is 40.2 Å². The first-order chi connectivity index (χ1) is 58.2. The molecule has 0 spiro atoms. The standard InChI is InChI=1S/4C12H16N4.2C12H15N3.2C11H14N4/c1-9-5-10(16-7-13-14-8-16)6-11(15-9)12(2,3)4;1-9-7-10(16-13-5-6-14-16)8-11(15-9)12(2,3)4;1-9-5-6-10(16-8-13-7-14-16)11(15-9)12(2,3)4;1-9-5-6-10(16-13-7-8-14-16)11(15-9)12(2,3)4;1-12(2,3)10-5-4-6-11(7-10)15-8-13-14-9-15;1-12(2,3)10-5-4-6-11(9-10)15-13-7-8-14-15;1-11(2,3)10-6-9(4-5-12-10)15-7-13-14-8-15;1-11(2,3)10-9(5-4-6-12-10)15-13-7-8-14-15/h4*5-8H,1-4H3;2*4-9H,1-3H3;2*4-8H,1-3H3. The van der Waals surface area contributed by atoms with E-state index in [1.807, 2.05) is 120 Å². The molecule has 0 aliphatic heterocycles. The number of aryl methyl sites for hydroxylation is 4. The molecule has 648 valence electrons. The number of hydrogen-bond donors (Lipinski definition) is 0. The molecule has 0 amide bonds. The molecule has 124 heavy (non-hydrogen) atoms. The van der Waals surface area contributed by atoms with Crippen molar-refractivity contribution in [3.05, 3.63) is 302 Å². The van der Waals surface area contributed by atoms with Crippen LogP contribution >= 0.6 is 0 Å². The quantitative estimate of drug-likeness (QED) is 0.136. The van der Waals surface area contributed by atoms with Crippen LogP contribution in [0.15, 0.2) is 234 Å². The first-order valence-electron chi connectivity index (χ1n) is 41.1. The first kappa shape index (κ1) is 94.3. The molecule has 0 radical (unpaired) electrons. The topological polar surface area (TPSA) is 323 Å². The minimum atomic E-state index is -0.0189. The van der Waals surface area contributed by atoms with Crippen molar-refractivity contribution in [1.29, 1.82) is 0 Å². The zero-order valence-electron chi connectivity index (χ0n) is 77.4. The average molecular weight is 1670 g/mol. The summed E-state index contributed by atoms with van der Waals surface area (Å²) in [6.45, 7) is 59.8. The minimum Gasteiger partial charge on any atom is -0.288 e. The van der Waals surface area contributed by atoms with Gasteiger partial charge in [0.15, 0.2) is 0 Å². The fraction of sp³-hybridized carbons (Fsp3) is 0.383. The Morgan fingerprint density at radius 2 is 0.597 bits per heavy atom. The molecule has 0 saturated carbocycles. The van der Waals surface area contributed by atoms with Crippen LogP contribution < -0.4 is 0 Å². The number of nitrogens with zero attached hydrogens (tertiary/aromatic N) is 30. The lowest BCUT2D eigenvalue weighted by atomic mass is 9.87. The smallest absolute Gasteiger partial charge is 0.138 e. The summed E-state index contributed by atoms with van der Waals surface area (Å²) in [6, 6.07) is 40.8. The van der Waals surface area contributed by atoms with Crippen molar-refractivity contribution in [2.24, 2.45) is 0 Å². The van der Waals surface area contributed by atoms with Crippen LogP contribution in [-0.4, -0.2) is 149 Å². The van der Waals surface area contributed by atoms with Crippen LogP contribution in [0, 0.1) is 27.7 Å². The molecule has 14 heterocycles. The lowest BCUT2D eigenvalue weighted by Gasteiger charge is -2.21. The van der Waals surface area contributed by atoms with Crippen LogP contribution in [0.5, 0.6) is 0 Å². The van der Waals surface area contributed by atoms with Gasteiger partial charge in [0.05, 0.1) is 95.1 Å². The van der Waals surface area contributed by atoms with E-state index in [4.69, 9.17) is 0 Å². The van der Waals surface area contributed by atoms with Crippen molar-refractivity contribution in [3.8, 4) is 45.5 Å². The maximum Gasteiger partial charge on any atom is 0.138 e. The molecule has 0 N–H and O–H groups in total. The second kappa shape index (κ2) is 40.4. The third kappa shape index (κ3) is 27.5. The van der Waals surface area contributed by atoms with E-state index in [2.05, 4.69) is 326 Å². The van der Waals surface area contributed by atoms with E-state index in [1.54, 1.807) is 124 Å². The van der Waals surface area contributed by atoms with Gasteiger partial charge in [-0.2, -0.15) is 55.5 Å². The molecule has 0 aliphatic carbocycles. The molecule has 0 bridgehead atoms. The molecule has 30 nitrogen and oxygen atoms in total. The molecule has 0 saturated heterocycles. The van der Waals surface area contributed by atoms with Crippen LogP contribution in [0.3, 0.4) is 0 Å². The van der Waals surface area contributed by atoms with Crippen molar-refractivity contribution in [3.63, 3.8) is 0 Å². The largest absolute Gasteiger partial charge is 0.288 e. The highest BCUT2D eigenvalue weighted by Gasteiger charge is 2.26. The summed E-state index contributed by atoms with van der Waals surface area (Å²) in [5.41, 5.74) is 21.4. The van der Waals surface area contributed by atoms with Crippen molar-refractivity contribution >= 4 is 0 Å². The van der Waals surface area contributed by atoms with E-state index in [0.717, 1.165) is 102 Å². The van der Waals surface area contributed by atoms with Gasteiger partial charge in [-0.05, 0) is 147 Å². The number of rotatable bonds is 8. The summed E-state index contributed by atoms with van der Waals surface area (Å²) in [6.07, 6.45) is 30.4. The Labute approximate surface area is 729 Å². The molecule has 14 aromatic heterocycles. The van der Waals surface area contributed by atoms with E-state index < -0.39 is 0 Å². The second-order valence-corrected chi connectivity index (χ2v) is 37.9. The Morgan fingerprint density at radius 1 is 0.234 bits per heavy atom. The fourth-order valence-electron chi connectivity index (χ4n) is 12.0. The SMILES string of the molecule is CC(C)(C)c1cc(-n2cnnc2)ccn1.CC(C)(C)c1cccc(-n2cnnc2)c1.CC(C)(C)c1cccc(-n2nccn2)c1.CC(C)(C)c1ncccc1-n1nccn1.Cc1cc(-n2cnnc2)cc(C(C)(C)C)n1.Cc1cc(-n2nccn2)cc(C(C)(C)C)n1.Cc1ccc(-n2cncn2)c(C(C)(C)C)n1.Cc1ccc(-n2nccn2)c(C(C)(C)C)n1. The molecular formula is C94H122N30. The molecule has 30 heteroatoms. The summed E-state index contributed by atoms with van der Waals surface area (Å²) in [5, 5.41) is 60.0. The van der Waals surface area contributed by atoms with Gasteiger partial charge in [0.25, 0.3) is 0 Å². The maximum atomic E-state index is 4.61. The lowest BCUT2D eigenvalue weighted by molar-refractivity contribution is 0.554. The van der Waals surface area contributed by atoms with Gasteiger partial charge in [0, 0.05) is 90.4 Å². The summed E-state index contributed by atoms with van der Waals surface area (Å²) in [5.74, 6) is 0. The van der Waals surface area contributed by atoms with Crippen LogP contribution in [0.4, 0.5) is 0 Å². The zero-order valence-corrected chi connectivity index (χ0v) is 77.4. The van der Waals surface area contributed by atoms with Crippen LogP contribution in [-0.2, 0) is 43.3 Å². The predicted octanol–water partition coefficient (Wildman–Crippen LogP) is 18.1. The van der Waals surface area contributed by atoms with Gasteiger partial charge in [0.1, 0.15) is 62.0 Å². The maximum absolute atomic E-state index is 4.61. The van der Waals surface area contributed by atoms with Gasteiger partial charge in [-0.3, -0.25) is 43.6 Å². The fourth-order valence-corrected chi connectivity index (χ4v) is 12.0. The average Bonchev–Trinajstić information content (AvgIpc) is 1.21. The lowest BCUT2D eigenvalue weighted by Crippen LogP contribution is -2.19. The Bertz CT molecular complexity index is 5460. The zero-order chi connectivity index (χ0) is 90.6. The summed E-state index contributed by atoms with van der Waals surface area (Å²) in [7, 11) is 0. The predicted molar refractivity (Wildman–Crippen MR) is 486 cm³/mol. The number of aromatic nitrogens is 30. The Kier molecular flexibility index (Phi) is 30.8. The monoisotopic (exact) mass is 1670 g/mol. The molecule has 0 atom stereocenters. The second-order valence-electron chi connectivity index (χ2n) is 37.9. The first-order valence-corrected chi connectivity index (χ1v) is 41.1. The Morgan fingerprint density at radius 3 is 1.02 bits per heavy atom. The Hall–Kier alpha value is -13.5. The molecular weight excluding hydrogens is 1550 g/mol. The third-order valence-electron chi connectivity index (χ3n) is 18.7. The third-order valence-corrected chi connectivity index (χ3v) is 18.7. The summed E-state index contributed by atoms with van der Waals surface area (Å²) >= 11 is 0. The molecule has 0 fully saturated rings. The summed E-state index contributed by atoms with van der Waals surface area (Å²) in [4.78, 5) is 37.5. The van der Waals surface area contributed by atoms with Crippen molar-refractivity contribution in [1.82, 2.24) is 149 Å². The summed E-state index contributed by atoms with van der Waals surface area (Å²) < 4.78 is 7.43. The highest BCUT2D eigenvalue weighted by Crippen LogP contribution is 2.32. The molecule has 16 aromatic rings. The minimum absolute atomic E-state index is 0.00664. The van der Waals surface area contributed by atoms with E-state index >= 15 is 0 Å². The highest BCUT2D eigenvalue weighted by molar-refractivity contribution is 5.44.